The highest BCUT2D eigenvalue weighted by Crippen LogP contribution is 2.35. The summed E-state index contributed by atoms with van der Waals surface area (Å²) in [6.07, 6.45) is 1.17. The summed E-state index contributed by atoms with van der Waals surface area (Å²) in [4.78, 5) is 0. The minimum absolute atomic E-state index is 0.586. The summed E-state index contributed by atoms with van der Waals surface area (Å²) in [6.45, 7) is 6.72. The van der Waals surface area contributed by atoms with Crippen molar-refractivity contribution in [2.75, 3.05) is 19.7 Å². The molecule has 94 valence electrons. The molecule has 1 aromatic rings. The molecule has 1 atom stereocenters. The molecular weight excluding hydrogens is 257 g/mol. The fourth-order valence-electron chi connectivity index (χ4n) is 2.07. The summed E-state index contributed by atoms with van der Waals surface area (Å²) in [7, 11) is 0. The largest absolute Gasteiger partial charge is 0.492 e. The molecule has 0 aliphatic carbocycles. The van der Waals surface area contributed by atoms with Gasteiger partial charge in [0.2, 0.25) is 0 Å². The van der Waals surface area contributed by atoms with Crippen LogP contribution in [0.1, 0.15) is 17.5 Å². The number of aryl methyl sites for hydroxylation is 1. The lowest BCUT2D eigenvalue weighted by Crippen LogP contribution is -2.15. The van der Waals surface area contributed by atoms with E-state index < -0.39 is 0 Å². The van der Waals surface area contributed by atoms with Crippen LogP contribution in [0.5, 0.6) is 5.75 Å². The Hall–Kier alpha value is -0.440. The lowest BCUT2D eigenvalue weighted by molar-refractivity contribution is 0.260. The molecule has 4 heteroatoms. The number of hydrogen-bond donors (Lipinski definition) is 1. The first kappa shape index (κ1) is 13.0. The molecule has 0 amide bonds. The van der Waals surface area contributed by atoms with Crippen molar-refractivity contribution in [3.63, 3.8) is 0 Å². The van der Waals surface area contributed by atoms with Gasteiger partial charge in [-0.05, 0) is 44.0 Å². The van der Waals surface area contributed by atoms with Gasteiger partial charge in [0, 0.05) is 17.5 Å². The molecule has 1 aliphatic heterocycles. The highest BCUT2D eigenvalue weighted by molar-refractivity contribution is 6.37. The fraction of sp³-hybridized carbons (Fsp3) is 0.538. The van der Waals surface area contributed by atoms with Gasteiger partial charge in [-0.1, -0.05) is 23.2 Å². The van der Waals surface area contributed by atoms with Crippen LogP contribution in [0.2, 0.25) is 10.0 Å². The number of ether oxygens (including phenoxy) is 1. The zero-order valence-corrected chi connectivity index (χ0v) is 11.7. The number of hydrogen-bond acceptors (Lipinski definition) is 2. The number of rotatable bonds is 3. The van der Waals surface area contributed by atoms with E-state index in [2.05, 4.69) is 5.32 Å². The third-order valence-corrected chi connectivity index (χ3v) is 4.26. The number of halogens is 2. The smallest absolute Gasteiger partial charge is 0.138 e. The molecule has 0 bridgehead atoms. The van der Waals surface area contributed by atoms with E-state index in [1.54, 1.807) is 0 Å². The molecule has 0 aromatic heterocycles. The van der Waals surface area contributed by atoms with Gasteiger partial charge in [0.15, 0.2) is 0 Å². The van der Waals surface area contributed by atoms with Crippen molar-refractivity contribution in [3.05, 3.63) is 27.2 Å². The minimum Gasteiger partial charge on any atom is -0.492 e. The second kappa shape index (κ2) is 5.47. The molecule has 0 spiro atoms. The summed E-state index contributed by atoms with van der Waals surface area (Å²) in [5.41, 5.74) is 1.90. The Balaban J connectivity index is 2.10. The van der Waals surface area contributed by atoms with Crippen LogP contribution < -0.4 is 10.1 Å². The van der Waals surface area contributed by atoms with Gasteiger partial charge < -0.3 is 10.1 Å². The molecule has 1 saturated heterocycles. The minimum atomic E-state index is 0.586. The van der Waals surface area contributed by atoms with E-state index in [0.717, 1.165) is 35.0 Å². The molecule has 2 rings (SSSR count). The van der Waals surface area contributed by atoms with E-state index in [0.29, 0.717) is 17.5 Å². The van der Waals surface area contributed by atoms with Crippen molar-refractivity contribution in [2.24, 2.45) is 5.92 Å². The van der Waals surface area contributed by atoms with Crippen molar-refractivity contribution in [2.45, 2.75) is 20.3 Å². The summed E-state index contributed by atoms with van der Waals surface area (Å²) in [5, 5.41) is 4.68. The molecule has 1 unspecified atom stereocenters. The fourth-order valence-corrected chi connectivity index (χ4v) is 2.47. The Kier molecular flexibility index (Phi) is 4.18. The molecule has 1 fully saturated rings. The quantitative estimate of drug-likeness (QED) is 0.909. The van der Waals surface area contributed by atoms with E-state index in [1.165, 1.54) is 6.42 Å². The van der Waals surface area contributed by atoms with Crippen LogP contribution in [0.3, 0.4) is 0 Å². The van der Waals surface area contributed by atoms with Crippen LogP contribution in [0, 0.1) is 19.8 Å². The SMILES string of the molecule is Cc1cc(OCC2CCNC2)c(Cl)c(C)c1Cl. The molecule has 1 aliphatic rings. The maximum atomic E-state index is 6.23. The summed E-state index contributed by atoms with van der Waals surface area (Å²) >= 11 is 12.4. The third-order valence-electron chi connectivity index (χ3n) is 3.21. The Labute approximate surface area is 112 Å². The highest BCUT2D eigenvalue weighted by atomic mass is 35.5. The van der Waals surface area contributed by atoms with Crippen molar-refractivity contribution < 1.29 is 4.74 Å². The highest BCUT2D eigenvalue weighted by Gasteiger charge is 2.17. The monoisotopic (exact) mass is 273 g/mol. The van der Waals surface area contributed by atoms with Gasteiger partial charge in [-0.2, -0.15) is 0 Å². The van der Waals surface area contributed by atoms with Crippen molar-refractivity contribution in [3.8, 4) is 5.75 Å². The lowest BCUT2D eigenvalue weighted by Gasteiger charge is -2.15. The zero-order chi connectivity index (χ0) is 12.4. The second-order valence-corrected chi connectivity index (χ2v) is 5.37. The lowest BCUT2D eigenvalue weighted by atomic mass is 10.1. The van der Waals surface area contributed by atoms with Gasteiger partial charge in [-0.15, -0.1) is 0 Å². The Morgan fingerprint density at radius 1 is 1.35 bits per heavy atom. The van der Waals surface area contributed by atoms with Gasteiger partial charge in [-0.25, -0.2) is 0 Å². The van der Waals surface area contributed by atoms with Gasteiger partial charge in [0.25, 0.3) is 0 Å². The first-order chi connectivity index (χ1) is 8.09. The van der Waals surface area contributed by atoms with E-state index in [9.17, 15) is 0 Å². The Morgan fingerprint density at radius 2 is 2.12 bits per heavy atom. The third kappa shape index (κ3) is 2.87. The van der Waals surface area contributed by atoms with Crippen LogP contribution in [-0.4, -0.2) is 19.7 Å². The second-order valence-electron chi connectivity index (χ2n) is 4.61. The maximum absolute atomic E-state index is 6.23. The van der Waals surface area contributed by atoms with E-state index in [1.807, 2.05) is 19.9 Å². The van der Waals surface area contributed by atoms with Gasteiger partial charge in [0.1, 0.15) is 5.75 Å². The molecular formula is C13H17Cl2NO. The van der Waals surface area contributed by atoms with Crippen LogP contribution >= 0.6 is 23.2 Å². The van der Waals surface area contributed by atoms with Crippen LogP contribution in [0.15, 0.2) is 6.07 Å². The average molecular weight is 274 g/mol. The molecule has 1 heterocycles. The zero-order valence-electron chi connectivity index (χ0n) is 10.1. The van der Waals surface area contributed by atoms with E-state index in [-0.39, 0.29) is 0 Å². The first-order valence-corrected chi connectivity index (χ1v) is 6.64. The topological polar surface area (TPSA) is 21.3 Å². The summed E-state index contributed by atoms with van der Waals surface area (Å²) < 4.78 is 5.81. The molecule has 1 aromatic carbocycles. The number of benzene rings is 1. The standard InChI is InChI=1S/C13H17Cl2NO/c1-8-5-11(13(15)9(2)12(8)14)17-7-10-3-4-16-6-10/h5,10,16H,3-4,6-7H2,1-2H3. The molecule has 0 saturated carbocycles. The normalized spacial score (nSPS) is 19.6. The van der Waals surface area contributed by atoms with Crippen LogP contribution in [-0.2, 0) is 0 Å². The predicted octanol–water partition coefficient (Wildman–Crippen LogP) is 3.60. The van der Waals surface area contributed by atoms with Crippen molar-refractivity contribution in [1.82, 2.24) is 5.32 Å². The van der Waals surface area contributed by atoms with Crippen LogP contribution in [0.25, 0.3) is 0 Å². The van der Waals surface area contributed by atoms with Gasteiger partial charge >= 0.3 is 0 Å². The first-order valence-electron chi connectivity index (χ1n) is 5.88. The number of nitrogens with one attached hydrogen (secondary N) is 1. The summed E-state index contributed by atoms with van der Waals surface area (Å²) in [6, 6.07) is 1.92. The van der Waals surface area contributed by atoms with E-state index in [4.69, 9.17) is 27.9 Å². The maximum Gasteiger partial charge on any atom is 0.138 e. The van der Waals surface area contributed by atoms with E-state index >= 15 is 0 Å². The Morgan fingerprint density at radius 3 is 2.76 bits per heavy atom. The average Bonchev–Trinajstić information content (AvgIpc) is 2.82. The van der Waals surface area contributed by atoms with Gasteiger partial charge in [-0.3, -0.25) is 0 Å². The molecule has 2 nitrogen and oxygen atoms in total. The van der Waals surface area contributed by atoms with Crippen molar-refractivity contribution >= 4 is 23.2 Å². The predicted molar refractivity (Wildman–Crippen MR) is 72.4 cm³/mol. The molecule has 17 heavy (non-hydrogen) atoms. The summed E-state index contributed by atoms with van der Waals surface area (Å²) in [5.74, 6) is 1.33. The van der Waals surface area contributed by atoms with Crippen molar-refractivity contribution in [1.29, 1.82) is 0 Å². The van der Waals surface area contributed by atoms with Gasteiger partial charge in [0.05, 0.1) is 11.6 Å². The molecule has 0 radical (unpaired) electrons. The van der Waals surface area contributed by atoms with Crippen LogP contribution in [0.4, 0.5) is 0 Å². The Bertz CT molecular complexity index is 414. The molecule has 1 N–H and O–H groups in total.